The smallest absolute Gasteiger partial charge is 0.338 e. The minimum Gasteiger partial charge on any atom is -0.459 e. The number of hydrogen-bond donors (Lipinski definition) is 1. The highest BCUT2D eigenvalue weighted by molar-refractivity contribution is 5.85. The summed E-state index contributed by atoms with van der Waals surface area (Å²) in [7, 11) is 0. The molecule has 1 N–H and O–H groups in total. The number of ether oxygens (including phenoxy) is 3. The van der Waals surface area contributed by atoms with Gasteiger partial charge in [0.15, 0.2) is 12.2 Å². The van der Waals surface area contributed by atoms with Gasteiger partial charge in [0.05, 0.1) is 0 Å². The maximum absolute atomic E-state index is 12.7. The van der Waals surface area contributed by atoms with Gasteiger partial charge in [0.25, 0.3) is 0 Å². The molecule has 0 saturated carbocycles. The van der Waals surface area contributed by atoms with E-state index in [1.807, 2.05) is 42.5 Å². The molecule has 192 valence electrons. The molecule has 0 spiro atoms. The summed E-state index contributed by atoms with van der Waals surface area (Å²) in [4.78, 5) is 25.1. The van der Waals surface area contributed by atoms with Crippen molar-refractivity contribution in [2.45, 2.75) is 70.9 Å². The molecule has 3 rings (SSSR count). The number of fused-ring (bicyclic) bond motifs is 1. The van der Waals surface area contributed by atoms with E-state index in [2.05, 4.69) is 30.3 Å². The van der Waals surface area contributed by atoms with Gasteiger partial charge in [-0.1, -0.05) is 79.2 Å². The monoisotopic (exact) mass is 492 g/mol. The number of hydrogen-bond acceptors (Lipinski definition) is 6. The number of aliphatic hydroxyl groups is 1. The summed E-state index contributed by atoms with van der Waals surface area (Å²) in [6.07, 6.45) is 0.222. The highest BCUT2D eigenvalue weighted by Crippen LogP contribution is 2.18. The van der Waals surface area contributed by atoms with Gasteiger partial charge in [-0.25, -0.2) is 9.59 Å². The number of carbonyl (C=O) groups is 2. The maximum atomic E-state index is 12.7. The number of rotatable bonds is 12. The highest BCUT2D eigenvalue weighted by atomic mass is 16.6. The van der Waals surface area contributed by atoms with Gasteiger partial charge in [-0.2, -0.15) is 0 Å². The predicted molar refractivity (Wildman–Crippen MR) is 139 cm³/mol. The molecule has 0 aliphatic carbocycles. The standard InChI is InChI=1S/C30H36O6/c1-30(2,3)36-28(32)26(31)27(29(33)35-21-23-13-6-4-7-14-23)34-19-11-5-8-12-22-17-18-24-15-9-10-16-25(24)20-22/h4,6-7,9-10,13-18,20,26-27,31H,5,8,11-12,19,21H2,1-3H3/t26-,27-/m1/s1. The zero-order valence-corrected chi connectivity index (χ0v) is 21.3. The van der Waals surface area contributed by atoms with Gasteiger partial charge in [0.1, 0.15) is 12.2 Å². The van der Waals surface area contributed by atoms with Crippen molar-refractivity contribution in [2.75, 3.05) is 6.61 Å². The molecule has 2 atom stereocenters. The van der Waals surface area contributed by atoms with E-state index in [1.165, 1.54) is 16.3 Å². The van der Waals surface area contributed by atoms with Crippen LogP contribution in [0.3, 0.4) is 0 Å². The van der Waals surface area contributed by atoms with Crippen LogP contribution in [0.5, 0.6) is 0 Å². The third-order valence-electron chi connectivity index (χ3n) is 5.61. The fourth-order valence-electron chi connectivity index (χ4n) is 3.80. The summed E-state index contributed by atoms with van der Waals surface area (Å²) in [5.74, 6) is -1.71. The lowest BCUT2D eigenvalue weighted by molar-refractivity contribution is -0.185. The van der Waals surface area contributed by atoms with Gasteiger partial charge in [-0.05, 0) is 61.9 Å². The van der Waals surface area contributed by atoms with Gasteiger partial charge < -0.3 is 19.3 Å². The molecule has 0 saturated heterocycles. The second kappa shape index (κ2) is 13.2. The Hall–Kier alpha value is -3.22. The van der Waals surface area contributed by atoms with E-state index < -0.39 is 29.7 Å². The lowest BCUT2D eigenvalue weighted by atomic mass is 10.0. The third-order valence-corrected chi connectivity index (χ3v) is 5.61. The molecule has 6 nitrogen and oxygen atoms in total. The van der Waals surface area contributed by atoms with Crippen LogP contribution in [0.1, 0.15) is 51.2 Å². The Labute approximate surface area is 213 Å². The highest BCUT2D eigenvalue weighted by Gasteiger charge is 2.37. The molecule has 0 radical (unpaired) electrons. The molecular weight excluding hydrogens is 456 g/mol. The van der Waals surface area contributed by atoms with Crippen LogP contribution in [0.2, 0.25) is 0 Å². The minimum atomic E-state index is -1.77. The second-order valence-corrected chi connectivity index (χ2v) is 9.86. The molecule has 0 unspecified atom stereocenters. The topological polar surface area (TPSA) is 82.1 Å². The average Bonchev–Trinajstić information content (AvgIpc) is 2.86. The molecule has 0 aliphatic heterocycles. The molecule has 36 heavy (non-hydrogen) atoms. The summed E-state index contributed by atoms with van der Waals surface area (Å²) in [6.45, 7) is 5.30. The van der Waals surface area contributed by atoms with Crippen LogP contribution in [-0.2, 0) is 36.8 Å². The second-order valence-electron chi connectivity index (χ2n) is 9.86. The molecule has 3 aromatic carbocycles. The van der Waals surface area contributed by atoms with Crippen LogP contribution in [0, 0.1) is 0 Å². The normalized spacial score (nSPS) is 13.2. The largest absolute Gasteiger partial charge is 0.459 e. The minimum absolute atomic E-state index is 0.0202. The van der Waals surface area contributed by atoms with E-state index in [1.54, 1.807) is 20.8 Å². The SMILES string of the molecule is CC(C)(C)OC(=O)[C@H](O)[C@@H](OCCCCCc1ccc2ccccc2c1)C(=O)OCc1ccccc1. The van der Waals surface area contributed by atoms with Gasteiger partial charge >= 0.3 is 11.9 Å². The van der Waals surface area contributed by atoms with Crippen molar-refractivity contribution >= 4 is 22.7 Å². The first-order valence-electron chi connectivity index (χ1n) is 12.4. The van der Waals surface area contributed by atoms with Crippen LogP contribution >= 0.6 is 0 Å². The molecule has 3 aromatic rings. The van der Waals surface area contributed by atoms with Crippen LogP contribution in [0.15, 0.2) is 72.8 Å². The Morgan fingerprint density at radius 1 is 0.806 bits per heavy atom. The summed E-state index contributed by atoms with van der Waals surface area (Å²) in [5, 5.41) is 13.0. The lowest BCUT2D eigenvalue weighted by Crippen LogP contribution is -2.45. The zero-order valence-electron chi connectivity index (χ0n) is 21.3. The molecule has 0 amide bonds. The van der Waals surface area contributed by atoms with Crippen LogP contribution in [0.25, 0.3) is 10.8 Å². The van der Waals surface area contributed by atoms with Crippen molar-refractivity contribution in [3.05, 3.63) is 83.9 Å². The quantitative estimate of drug-likeness (QED) is 0.270. The Bertz CT molecular complexity index is 1120. The summed E-state index contributed by atoms with van der Waals surface area (Å²) in [5.41, 5.74) is 1.27. The summed E-state index contributed by atoms with van der Waals surface area (Å²) >= 11 is 0. The van der Waals surface area contributed by atoms with Gasteiger partial charge in [0, 0.05) is 6.61 Å². The molecule has 0 aromatic heterocycles. The number of benzene rings is 3. The summed E-state index contributed by atoms with van der Waals surface area (Å²) in [6, 6.07) is 24.0. The van der Waals surface area contributed by atoms with E-state index in [9.17, 15) is 14.7 Å². The van der Waals surface area contributed by atoms with Gasteiger partial charge in [-0.3, -0.25) is 0 Å². The summed E-state index contributed by atoms with van der Waals surface area (Å²) < 4.78 is 16.2. The molecule has 0 aliphatic rings. The van der Waals surface area contributed by atoms with E-state index in [0.717, 1.165) is 24.8 Å². The number of aryl methyl sites for hydroxylation is 1. The molecule has 0 fully saturated rings. The van der Waals surface area contributed by atoms with E-state index in [-0.39, 0.29) is 13.2 Å². The van der Waals surface area contributed by atoms with Crippen molar-refractivity contribution in [3.8, 4) is 0 Å². The van der Waals surface area contributed by atoms with Crippen LogP contribution in [0.4, 0.5) is 0 Å². The number of carbonyl (C=O) groups excluding carboxylic acids is 2. The Balaban J connectivity index is 1.50. The zero-order chi connectivity index (χ0) is 26.0. The number of aliphatic hydroxyl groups excluding tert-OH is 1. The van der Waals surface area contributed by atoms with E-state index in [4.69, 9.17) is 14.2 Å². The Morgan fingerprint density at radius 3 is 2.22 bits per heavy atom. The average molecular weight is 493 g/mol. The number of unbranched alkanes of at least 4 members (excludes halogenated alkanes) is 2. The van der Waals surface area contributed by atoms with Crippen molar-refractivity contribution in [1.29, 1.82) is 0 Å². The first-order chi connectivity index (χ1) is 17.2. The first-order valence-corrected chi connectivity index (χ1v) is 12.4. The van der Waals surface area contributed by atoms with Crippen molar-refractivity contribution in [3.63, 3.8) is 0 Å². The lowest BCUT2D eigenvalue weighted by Gasteiger charge is -2.25. The Kier molecular flexibility index (Phi) is 10.0. The molecular formula is C30H36O6. The molecule has 6 heteroatoms. The van der Waals surface area contributed by atoms with E-state index in [0.29, 0.717) is 6.42 Å². The molecule has 0 heterocycles. The fourth-order valence-corrected chi connectivity index (χ4v) is 3.80. The fraction of sp³-hybridized carbons (Fsp3) is 0.400. The third kappa shape index (κ3) is 8.77. The van der Waals surface area contributed by atoms with Gasteiger partial charge in [0.2, 0.25) is 0 Å². The van der Waals surface area contributed by atoms with Crippen LogP contribution in [-0.4, -0.2) is 41.5 Å². The van der Waals surface area contributed by atoms with E-state index >= 15 is 0 Å². The van der Waals surface area contributed by atoms with Crippen molar-refractivity contribution in [1.82, 2.24) is 0 Å². The van der Waals surface area contributed by atoms with Crippen molar-refractivity contribution in [2.24, 2.45) is 0 Å². The Morgan fingerprint density at radius 2 is 1.50 bits per heavy atom. The van der Waals surface area contributed by atoms with Crippen LogP contribution < -0.4 is 0 Å². The predicted octanol–water partition coefficient (Wildman–Crippen LogP) is 5.38. The first kappa shape index (κ1) is 27.4. The van der Waals surface area contributed by atoms with Crippen molar-refractivity contribution < 1.29 is 28.9 Å². The number of esters is 2. The molecule has 0 bridgehead atoms. The van der Waals surface area contributed by atoms with Gasteiger partial charge in [-0.15, -0.1) is 0 Å². The maximum Gasteiger partial charge on any atom is 0.338 e.